The molecule has 2 fully saturated rings. The van der Waals surface area contributed by atoms with Gasteiger partial charge in [0, 0.05) is 37.1 Å². The summed E-state index contributed by atoms with van der Waals surface area (Å²) in [5.74, 6) is 0.887. The Hall–Kier alpha value is -1.65. The molecule has 4 nitrogen and oxygen atoms in total. The van der Waals surface area contributed by atoms with E-state index in [-0.39, 0.29) is 0 Å². The van der Waals surface area contributed by atoms with Crippen LogP contribution in [0.4, 0.5) is 0 Å². The second-order valence-corrected chi connectivity index (χ2v) is 6.93. The van der Waals surface area contributed by atoms with Crippen molar-refractivity contribution in [1.82, 2.24) is 14.8 Å². The Kier molecular flexibility index (Phi) is 3.95. The predicted octanol–water partition coefficient (Wildman–Crippen LogP) is 2.91. The molecule has 23 heavy (non-hydrogen) atoms. The molecule has 4 rings (SSSR count). The average molecular weight is 311 g/mol. The van der Waals surface area contributed by atoms with E-state index in [1.54, 1.807) is 7.11 Å². The number of hydrogen-bond acceptors (Lipinski definition) is 4. The highest BCUT2D eigenvalue weighted by Gasteiger charge is 2.34. The molecule has 0 saturated carbocycles. The summed E-state index contributed by atoms with van der Waals surface area (Å²) in [6, 6.07) is 11.8. The third kappa shape index (κ3) is 2.93. The molecule has 2 aliphatic heterocycles. The van der Waals surface area contributed by atoms with Crippen LogP contribution in [0.2, 0.25) is 0 Å². The molecule has 1 aromatic carbocycles. The van der Waals surface area contributed by atoms with Gasteiger partial charge in [-0.3, -0.25) is 14.8 Å². The molecule has 2 atom stereocenters. The molecular formula is C19H25N3O. The van der Waals surface area contributed by atoms with Crippen molar-refractivity contribution in [2.75, 3.05) is 26.7 Å². The van der Waals surface area contributed by atoms with Crippen LogP contribution in [0, 0.1) is 0 Å². The summed E-state index contributed by atoms with van der Waals surface area (Å²) in [6.45, 7) is 6.98. The summed E-state index contributed by atoms with van der Waals surface area (Å²) in [4.78, 5) is 10.1. The molecule has 0 N–H and O–H groups in total. The Morgan fingerprint density at radius 1 is 1.22 bits per heavy atom. The fourth-order valence-electron chi connectivity index (χ4n) is 4.04. The number of piperazine rings is 1. The van der Waals surface area contributed by atoms with Gasteiger partial charge >= 0.3 is 0 Å². The number of fused-ring (bicyclic) bond motifs is 2. The first-order valence-corrected chi connectivity index (χ1v) is 8.65. The van der Waals surface area contributed by atoms with E-state index >= 15 is 0 Å². The van der Waals surface area contributed by atoms with Gasteiger partial charge in [-0.1, -0.05) is 6.07 Å². The van der Waals surface area contributed by atoms with Crippen molar-refractivity contribution in [3.05, 3.63) is 36.0 Å². The van der Waals surface area contributed by atoms with Crippen molar-refractivity contribution in [3.8, 4) is 5.75 Å². The zero-order valence-corrected chi connectivity index (χ0v) is 14.0. The third-order valence-corrected chi connectivity index (χ3v) is 5.39. The van der Waals surface area contributed by atoms with Crippen LogP contribution < -0.4 is 4.74 Å². The van der Waals surface area contributed by atoms with Crippen molar-refractivity contribution in [1.29, 1.82) is 0 Å². The first kappa shape index (κ1) is 14.9. The minimum atomic E-state index is 0.609. The smallest absolute Gasteiger partial charge is 0.119 e. The molecule has 122 valence electrons. The number of benzene rings is 1. The molecule has 0 amide bonds. The minimum absolute atomic E-state index is 0.609. The number of methoxy groups -OCH3 is 1. The maximum Gasteiger partial charge on any atom is 0.119 e. The number of nitrogens with zero attached hydrogens (tertiary/aromatic N) is 3. The third-order valence-electron chi connectivity index (χ3n) is 5.39. The Balaban J connectivity index is 1.52. The summed E-state index contributed by atoms with van der Waals surface area (Å²) in [7, 11) is 1.70. The molecule has 0 aliphatic carbocycles. The van der Waals surface area contributed by atoms with Gasteiger partial charge in [0.05, 0.1) is 18.3 Å². The van der Waals surface area contributed by atoms with Crippen LogP contribution in [-0.4, -0.2) is 53.6 Å². The number of pyridine rings is 1. The Bertz CT molecular complexity index is 702. The zero-order valence-electron chi connectivity index (χ0n) is 14.0. The number of hydrogen-bond donors (Lipinski definition) is 0. The molecule has 0 spiro atoms. The van der Waals surface area contributed by atoms with Gasteiger partial charge in [0.15, 0.2) is 0 Å². The highest BCUT2D eigenvalue weighted by atomic mass is 16.5. The van der Waals surface area contributed by atoms with Crippen LogP contribution >= 0.6 is 0 Å². The van der Waals surface area contributed by atoms with E-state index in [2.05, 4.69) is 34.9 Å². The average Bonchev–Trinajstić information content (AvgIpc) is 3.01. The van der Waals surface area contributed by atoms with E-state index in [9.17, 15) is 0 Å². The lowest BCUT2D eigenvalue weighted by Gasteiger charge is -2.42. The van der Waals surface area contributed by atoms with Gasteiger partial charge in [-0.15, -0.1) is 0 Å². The van der Waals surface area contributed by atoms with Gasteiger partial charge in [-0.05, 0) is 50.6 Å². The first-order chi connectivity index (χ1) is 11.2. The second-order valence-electron chi connectivity index (χ2n) is 6.93. The molecule has 2 aliphatic rings. The fraction of sp³-hybridized carbons (Fsp3) is 0.526. The van der Waals surface area contributed by atoms with Gasteiger partial charge in [0.25, 0.3) is 0 Å². The quantitative estimate of drug-likeness (QED) is 0.871. The van der Waals surface area contributed by atoms with Crippen LogP contribution in [0.3, 0.4) is 0 Å². The maximum atomic E-state index is 5.29. The lowest BCUT2D eigenvalue weighted by atomic mass is 10.1. The van der Waals surface area contributed by atoms with E-state index in [0.717, 1.165) is 29.2 Å². The van der Waals surface area contributed by atoms with E-state index in [0.29, 0.717) is 6.04 Å². The fourth-order valence-corrected chi connectivity index (χ4v) is 4.04. The van der Waals surface area contributed by atoms with E-state index in [1.807, 2.05) is 12.1 Å². The monoisotopic (exact) mass is 311 g/mol. The molecular weight excluding hydrogens is 286 g/mol. The molecule has 4 heteroatoms. The van der Waals surface area contributed by atoms with Crippen LogP contribution in [0.25, 0.3) is 10.9 Å². The van der Waals surface area contributed by atoms with Crippen molar-refractivity contribution in [2.45, 2.75) is 38.4 Å². The Labute approximate surface area is 138 Å². The van der Waals surface area contributed by atoms with Crippen LogP contribution in [-0.2, 0) is 6.54 Å². The number of ether oxygens (including phenoxy) is 1. The standard InChI is InChI=1S/C19H25N3O/c1-14-11-21-9-3-4-17(21)13-22(14)12-16-6-5-15-10-18(23-2)7-8-19(15)20-16/h5-8,10,14,17H,3-4,9,11-13H2,1-2H3/t14-,17?/m0/s1. The van der Waals surface area contributed by atoms with E-state index in [1.165, 1.54) is 38.2 Å². The van der Waals surface area contributed by atoms with Gasteiger partial charge in [0.2, 0.25) is 0 Å². The number of aromatic nitrogens is 1. The molecule has 0 bridgehead atoms. The van der Waals surface area contributed by atoms with Gasteiger partial charge in [-0.25, -0.2) is 0 Å². The molecule has 0 radical (unpaired) electrons. The van der Waals surface area contributed by atoms with Crippen molar-refractivity contribution in [2.24, 2.45) is 0 Å². The van der Waals surface area contributed by atoms with Crippen LogP contribution in [0.15, 0.2) is 30.3 Å². The predicted molar refractivity (Wildman–Crippen MR) is 92.8 cm³/mol. The van der Waals surface area contributed by atoms with E-state index in [4.69, 9.17) is 9.72 Å². The summed E-state index contributed by atoms with van der Waals surface area (Å²) in [6.07, 6.45) is 2.72. The van der Waals surface area contributed by atoms with Crippen LogP contribution in [0.1, 0.15) is 25.5 Å². The Morgan fingerprint density at radius 3 is 3.00 bits per heavy atom. The summed E-state index contributed by atoms with van der Waals surface area (Å²) in [5, 5.41) is 1.14. The molecule has 2 saturated heterocycles. The second kappa shape index (κ2) is 6.10. The summed E-state index contributed by atoms with van der Waals surface area (Å²) < 4.78 is 5.29. The van der Waals surface area contributed by atoms with Gasteiger partial charge < -0.3 is 4.74 Å². The van der Waals surface area contributed by atoms with Crippen LogP contribution in [0.5, 0.6) is 5.75 Å². The van der Waals surface area contributed by atoms with Crippen molar-refractivity contribution < 1.29 is 4.74 Å². The minimum Gasteiger partial charge on any atom is -0.497 e. The zero-order chi connectivity index (χ0) is 15.8. The summed E-state index contributed by atoms with van der Waals surface area (Å²) >= 11 is 0. The maximum absolute atomic E-state index is 5.29. The number of rotatable bonds is 3. The van der Waals surface area contributed by atoms with Gasteiger partial charge in [-0.2, -0.15) is 0 Å². The largest absolute Gasteiger partial charge is 0.497 e. The molecule has 3 heterocycles. The highest BCUT2D eigenvalue weighted by molar-refractivity contribution is 5.80. The van der Waals surface area contributed by atoms with Crippen molar-refractivity contribution in [3.63, 3.8) is 0 Å². The molecule has 2 aromatic rings. The summed E-state index contributed by atoms with van der Waals surface area (Å²) in [5.41, 5.74) is 2.22. The normalized spacial score (nSPS) is 25.7. The first-order valence-electron chi connectivity index (χ1n) is 8.65. The molecule has 1 unspecified atom stereocenters. The SMILES string of the molecule is COc1ccc2nc(CN3CC4CCCN4C[C@@H]3C)ccc2c1. The van der Waals surface area contributed by atoms with Crippen molar-refractivity contribution >= 4 is 10.9 Å². The Morgan fingerprint density at radius 2 is 2.13 bits per heavy atom. The van der Waals surface area contributed by atoms with E-state index < -0.39 is 0 Å². The lowest BCUT2D eigenvalue weighted by molar-refractivity contribution is 0.0532. The van der Waals surface area contributed by atoms with Gasteiger partial charge in [0.1, 0.15) is 5.75 Å². The highest BCUT2D eigenvalue weighted by Crippen LogP contribution is 2.26. The lowest BCUT2D eigenvalue weighted by Crippen LogP contribution is -2.54. The molecule has 1 aromatic heterocycles. The topological polar surface area (TPSA) is 28.6 Å².